The summed E-state index contributed by atoms with van der Waals surface area (Å²) in [7, 11) is 0. The SMILES string of the molecule is CCc1ccnc2c1C(C)(C)c1cc(F)c[c-]c1-2.[2H]C([2H])([2H])c1cncc2sc3c(-c4ccccn4)[c-]ccc3c12.[Ir]. The van der Waals surface area contributed by atoms with Crippen LogP contribution in [0.15, 0.2) is 73.3 Å². The maximum absolute atomic E-state index is 13.5. The average Bonchev–Trinajstić information content (AvgIpc) is 3.46. The van der Waals surface area contributed by atoms with Gasteiger partial charge < -0.3 is 9.97 Å². The van der Waals surface area contributed by atoms with Crippen LogP contribution in [0.3, 0.4) is 0 Å². The maximum atomic E-state index is 13.5. The molecule has 0 fully saturated rings. The van der Waals surface area contributed by atoms with Gasteiger partial charge in [0.05, 0.1) is 0 Å². The minimum atomic E-state index is -2.19. The van der Waals surface area contributed by atoms with Gasteiger partial charge in [0.15, 0.2) is 0 Å². The van der Waals surface area contributed by atoms with Crippen LogP contribution < -0.4 is 0 Å². The Bertz CT molecular complexity index is 1920. The van der Waals surface area contributed by atoms with Gasteiger partial charge in [-0.05, 0) is 57.9 Å². The monoisotopic (exact) mass is 711 g/mol. The molecule has 0 unspecified atom stereocenters. The van der Waals surface area contributed by atoms with Gasteiger partial charge in [0, 0.05) is 59.5 Å². The summed E-state index contributed by atoms with van der Waals surface area (Å²) in [5, 5.41) is 1.67. The van der Waals surface area contributed by atoms with Gasteiger partial charge in [0.1, 0.15) is 0 Å². The first kappa shape index (κ1) is 23.6. The summed E-state index contributed by atoms with van der Waals surface area (Å²) in [5.74, 6) is -0.229. The van der Waals surface area contributed by atoms with Crippen molar-refractivity contribution >= 4 is 31.5 Å². The molecule has 3 nitrogen and oxygen atoms in total. The first-order valence-corrected chi connectivity index (χ1v) is 13.3. The van der Waals surface area contributed by atoms with Gasteiger partial charge in [-0.25, -0.2) is 0 Å². The second kappa shape index (κ2) is 10.7. The number of hydrogen-bond donors (Lipinski definition) is 0. The Morgan fingerprint density at radius 1 is 1.05 bits per heavy atom. The number of aryl methyl sites for hydroxylation is 2. The van der Waals surface area contributed by atoms with Crippen molar-refractivity contribution in [2.24, 2.45) is 0 Å². The van der Waals surface area contributed by atoms with Gasteiger partial charge in [-0.2, -0.15) is 11.3 Å². The van der Waals surface area contributed by atoms with E-state index < -0.39 is 6.85 Å². The fourth-order valence-corrected chi connectivity index (χ4v) is 6.57. The van der Waals surface area contributed by atoms with Gasteiger partial charge in [-0.1, -0.05) is 49.4 Å². The summed E-state index contributed by atoms with van der Waals surface area (Å²) >= 11 is 1.53. The zero-order valence-electron chi connectivity index (χ0n) is 24.6. The van der Waals surface area contributed by atoms with Crippen LogP contribution in [0.1, 0.15) is 47.1 Å². The quantitative estimate of drug-likeness (QED) is 0.169. The van der Waals surface area contributed by atoms with Crippen molar-refractivity contribution in [1.29, 1.82) is 0 Å². The van der Waals surface area contributed by atoms with Crippen molar-refractivity contribution in [1.82, 2.24) is 15.0 Å². The van der Waals surface area contributed by atoms with E-state index in [2.05, 4.69) is 53.9 Å². The summed E-state index contributed by atoms with van der Waals surface area (Å²) in [6.45, 7) is 4.21. The molecule has 39 heavy (non-hydrogen) atoms. The van der Waals surface area contributed by atoms with Crippen LogP contribution in [0.2, 0.25) is 0 Å². The van der Waals surface area contributed by atoms with Crippen molar-refractivity contribution in [2.45, 2.75) is 39.5 Å². The van der Waals surface area contributed by atoms with Crippen molar-refractivity contribution in [3.05, 3.63) is 114 Å². The first-order chi connectivity index (χ1) is 19.6. The van der Waals surface area contributed by atoms with Crippen LogP contribution in [0.25, 0.3) is 42.7 Å². The molecule has 2 aromatic carbocycles. The molecule has 0 saturated heterocycles. The molecular formula is C33H26FIrN3S-2. The maximum Gasteiger partial charge on any atom is 0.0437 e. The third-order valence-corrected chi connectivity index (χ3v) is 8.28. The van der Waals surface area contributed by atoms with E-state index in [1.54, 1.807) is 18.5 Å². The number of aromatic nitrogens is 3. The van der Waals surface area contributed by atoms with Crippen molar-refractivity contribution in [3.8, 4) is 22.5 Å². The Morgan fingerprint density at radius 3 is 2.69 bits per heavy atom. The number of benzene rings is 2. The molecule has 6 aromatic rings. The van der Waals surface area contributed by atoms with E-state index in [1.165, 1.54) is 34.7 Å². The summed E-state index contributed by atoms with van der Waals surface area (Å²) in [5.41, 5.74) is 7.24. The van der Waals surface area contributed by atoms with Gasteiger partial charge in [-0.3, -0.25) is 9.37 Å². The van der Waals surface area contributed by atoms with E-state index in [0.717, 1.165) is 54.7 Å². The van der Waals surface area contributed by atoms with E-state index in [0.29, 0.717) is 5.56 Å². The fraction of sp³-hybridized carbons (Fsp3) is 0.182. The summed E-state index contributed by atoms with van der Waals surface area (Å²) in [6, 6.07) is 20.8. The molecule has 1 radical (unpaired) electrons. The van der Waals surface area contributed by atoms with E-state index >= 15 is 0 Å². The topological polar surface area (TPSA) is 38.7 Å². The Hall–Kier alpha value is -3.31. The Kier molecular flexibility index (Phi) is 6.46. The van der Waals surface area contributed by atoms with Crippen LogP contribution in [0, 0.1) is 24.8 Å². The summed E-state index contributed by atoms with van der Waals surface area (Å²) < 4.78 is 38.6. The molecule has 4 heterocycles. The standard InChI is InChI=1S/C17H11N2S.C16H15FN.Ir/c1-11-9-18-10-15-16(11)13-6-4-5-12(17(13)20-15)14-7-2-3-8-19-14;1-4-10-7-8-18-15-12-6-5-11(17)9-13(12)16(2,3)14(10)15;/h2-4,6-10H,1H3;5,7-9H,4H2,1-3H3;/q2*-1;/i1D3;;. The Balaban J connectivity index is 0.000000169. The van der Waals surface area contributed by atoms with Crippen molar-refractivity contribution < 1.29 is 28.6 Å². The molecule has 1 aliphatic rings. The minimum Gasteiger partial charge on any atom is -0.305 e. The Morgan fingerprint density at radius 2 is 1.92 bits per heavy atom. The van der Waals surface area contributed by atoms with Crippen LogP contribution in [-0.4, -0.2) is 15.0 Å². The number of hydrogen-bond acceptors (Lipinski definition) is 4. The number of fused-ring (bicyclic) bond motifs is 6. The second-order valence-electron chi connectivity index (χ2n) is 9.75. The van der Waals surface area contributed by atoms with E-state index in [9.17, 15) is 4.39 Å². The molecule has 0 aliphatic heterocycles. The molecule has 7 rings (SSSR count). The zero-order valence-corrected chi connectivity index (χ0v) is 24.8. The zero-order chi connectivity index (χ0) is 28.9. The fourth-order valence-electron chi connectivity index (χ4n) is 5.37. The normalized spacial score (nSPS) is 14.3. The molecule has 0 spiro atoms. The smallest absolute Gasteiger partial charge is 0.0437 e. The molecule has 0 atom stereocenters. The van der Waals surface area contributed by atoms with Crippen LogP contribution in [0.5, 0.6) is 0 Å². The first-order valence-electron chi connectivity index (χ1n) is 13.9. The minimum absolute atomic E-state index is 0. The molecule has 0 amide bonds. The van der Waals surface area contributed by atoms with Gasteiger partial charge >= 0.3 is 0 Å². The molecular weight excluding hydrogens is 682 g/mol. The predicted molar refractivity (Wildman–Crippen MR) is 154 cm³/mol. The third kappa shape index (κ3) is 4.61. The van der Waals surface area contributed by atoms with E-state index in [-0.39, 0.29) is 31.3 Å². The molecule has 1 aliphatic carbocycles. The Labute approximate surface area is 249 Å². The molecule has 6 heteroatoms. The number of rotatable bonds is 2. The van der Waals surface area contributed by atoms with Crippen molar-refractivity contribution in [2.75, 3.05) is 0 Å². The third-order valence-electron chi connectivity index (χ3n) is 7.12. The van der Waals surface area contributed by atoms with Crippen molar-refractivity contribution in [3.63, 3.8) is 0 Å². The summed E-state index contributed by atoms with van der Waals surface area (Å²) in [4.78, 5) is 13.0. The molecule has 0 N–H and O–H groups in total. The number of thiophene rings is 1. The van der Waals surface area contributed by atoms with E-state index in [4.69, 9.17) is 4.11 Å². The van der Waals surface area contributed by atoms with Crippen LogP contribution in [0.4, 0.5) is 4.39 Å². The summed E-state index contributed by atoms with van der Waals surface area (Å²) in [6.07, 6.45) is 7.70. The van der Waals surface area contributed by atoms with Gasteiger partial charge in [0.25, 0.3) is 0 Å². The molecule has 0 bridgehead atoms. The van der Waals surface area contributed by atoms with E-state index in [1.807, 2.05) is 36.5 Å². The average molecular weight is 711 g/mol. The van der Waals surface area contributed by atoms with Gasteiger partial charge in [0.2, 0.25) is 0 Å². The number of nitrogens with zero attached hydrogens (tertiary/aromatic N) is 3. The second-order valence-corrected chi connectivity index (χ2v) is 10.8. The van der Waals surface area contributed by atoms with Gasteiger partial charge in [-0.15, -0.1) is 53.1 Å². The molecule has 0 saturated carbocycles. The van der Waals surface area contributed by atoms with Crippen LogP contribution >= 0.6 is 11.3 Å². The predicted octanol–water partition coefficient (Wildman–Crippen LogP) is 8.51. The largest absolute Gasteiger partial charge is 0.305 e. The van der Waals surface area contributed by atoms with Crippen LogP contribution in [-0.2, 0) is 31.9 Å². The number of pyridine rings is 3. The molecule has 197 valence electrons. The molecule has 4 aromatic heterocycles. The number of halogens is 1.